The van der Waals surface area contributed by atoms with E-state index in [1.165, 1.54) is 4.58 Å². The van der Waals surface area contributed by atoms with Crippen LogP contribution in [0.4, 0.5) is 4.79 Å². The largest absolute Gasteiger partial charge is 0.595 e. The van der Waals surface area contributed by atoms with Gasteiger partial charge in [-0.15, -0.1) is 4.58 Å². The molecule has 3 nitrogen and oxygen atoms in total. The SMILES string of the molecule is C=[N+](CCCC)C(=O)OCC. The van der Waals surface area contributed by atoms with Gasteiger partial charge in [0, 0.05) is 6.42 Å². The van der Waals surface area contributed by atoms with Crippen LogP contribution in [0.2, 0.25) is 0 Å². The lowest BCUT2D eigenvalue weighted by atomic mass is 10.3. The Morgan fingerprint density at radius 1 is 1.55 bits per heavy atom. The minimum Gasteiger partial charge on any atom is -0.412 e. The predicted octanol–water partition coefficient (Wildman–Crippen LogP) is 1.66. The number of rotatable bonds is 4. The minimum atomic E-state index is -0.332. The molecule has 0 saturated carbocycles. The number of carbonyl (C=O) groups excluding carboxylic acids is 1. The molecule has 0 heterocycles. The number of ether oxygens (including phenoxy) is 1. The normalized spacial score (nSPS) is 9.27. The highest BCUT2D eigenvalue weighted by atomic mass is 16.5. The van der Waals surface area contributed by atoms with Gasteiger partial charge in [0.15, 0.2) is 6.54 Å². The average molecular weight is 158 g/mol. The Hall–Kier alpha value is -0.860. The zero-order valence-electron chi connectivity index (χ0n) is 7.30. The van der Waals surface area contributed by atoms with Crippen LogP contribution in [0.1, 0.15) is 26.7 Å². The molecule has 0 fully saturated rings. The Bertz CT molecular complexity index is 143. The van der Waals surface area contributed by atoms with Crippen molar-refractivity contribution in [1.82, 2.24) is 0 Å². The van der Waals surface area contributed by atoms with Gasteiger partial charge in [0.25, 0.3) is 0 Å². The Kier molecular flexibility index (Phi) is 5.43. The van der Waals surface area contributed by atoms with Gasteiger partial charge in [-0.25, -0.2) is 0 Å². The van der Waals surface area contributed by atoms with Crippen LogP contribution in [0.3, 0.4) is 0 Å². The summed E-state index contributed by atoms with van der Waals surface area (Å²) in [5.74, 6) is 0. The molecular formula is C8H16NO2+. The van der Waals surface area contributed by atoms with E-state index in [0.29, 0.717) is 13.2 Å². The summed E-state index contributed by atoms with van der Waals surface area (Å²) < 4.78 is 6.08. The molecule has 0 atom stereocenters. The van der Waals surface area contributed by atoms with Crippen LogP contribution < -0.4 is 0 Å². The number of amides is 1. The minimum absolute atomic E-state index is 0.332. The van der Waals surface area contributed by atoms with Crippen LogP contribution >= 0.6 is 0 Å². The lowest BCUT2D eigenvalue weighted by molar-refractivity contribution is -0.438. The van der Waals surface area contributed by atoms with Gasteiger partial charge in [0.1, 0.15) is 6.72 Å². The van der Waals surface area contributed by atoms with Gasteiger partial charge in [-0.3, -0.25) is 0 Å². The first-order chi connectivity index (χ1) is 5.22. The quantitative estimate of drug-likeness (QED) is 0.460. The molecule has 0 N–H and O–H groups in total. The second-order valence-electron chi connectivity index (χ2n) is 2.32. The van der Waals surface area contributed by atoms with Crippen molar-refractivity contribution >= 4 is 12.8 Å². The monoisotopic (exact) mass is 158 g/mol. The van der Waals surface area contributed by atoms with E-state index in [-0.39, 0.29) is 6.09 Å². The molecule has 11 heavy (non-hydrogen) atoms. The van der Waals surface area contributed by atoms with Gasteiger partial charge in [-0.2, -0.15) is 4.79 Å². The van der Waals surface area contributed by atoms with Crippen molar-refractivity contribution in [3.63, 3.8) is 0 Å². The smallest absolute Gasteiger partial charge is 0.412 e. The number of hydrogen-bond acceptors (Lipinski definition) is 2. The molecular weight excluding hydrogens is 142 g/mol. The van der Waals surface area contributed by atoms with Crippen molar-refractivity contribution in [2.75, 3.05) is 13.2 Å². The van der Waals surface area contributed by atoms with Gasteiger partial charge in [-0.1, -0.05) is 13.3 Å². The molecule has 0 saturated heterocycles. The van der Waals surface area contributed by atoms with E-state index in [1.807, 2.05) is 0 Å². The van der Waals surface area contributed by atoms with Crippen LogP contribution in [-0.2, 0) is 4.74 Å². The van der Waals surface area contributed by atoms with Crippen LogP contribution in [-0.4, -0.2) is 30.5 Å². The van der Waals surface area contributed by atoms with Crippen molar-refractivity contribution < 1.29 is 14.1 Å². The van der Waals surface area contributed by atoms with Crippen molar-refractivity contribution in [3.05, 3.63) is 0 Å². The summed E-state index contributed by atoms with van der Waals surface area (Å²) in [6.07, 6.45) is 1.70. The molecule has 0 aliphatic heterocycles. The van der Waals surface area contributed by atoms with Crippen molar-refractivity contribution in [1.29, 1.82) is 0 Å². The molecule has 0 rings (SSSR count). The molecule has 0 aliphatic rings. The molecule has 0 unspecified atom stereocenters. The third-order valence-electron chi connectivity index (χ3n) is 1.31. The van der Waals surface area contributed by atoms with E-state index >= 15 is 0 Å². The van der Waals surface area contributed by atoms with Crippen LogP contribution in [0.15, 0.2) is 0 Å². The predicted molar refractivity (Wildman–Crippen MR) is 44.2 cm³/mol. The highest BCUT2D eigenvalue weighted by Gasteiger charge is 2.13. The van der Waals surface area contributed by atoms with E-state index in [0.717, 1.165) is 12.8 Å². The maximum Gasteiger partial charge on any atom is 0.595 e. The lowest BCUT2D eigenvalue weighted by Crippen LogP contribution is -2.21. The summed E-state index contributed by atoms with van der Waals surface area (Å²) in [5.41, 5.74) is 0. The number of hydrogen-bond donors (Lipinski definition) is 0. The van der Waals surface area contributed by atoms with E-state index in [2.05, 4.69) is 13.6 Å². The topological polar surface area (TPSA) is 29.3 Å². The molecule has 0 spiro atoms. The van der Waals surface area contributed by atoms with E-state index in [9.17, 15) is 4.79 Å². The molecule has 0 radical (unpaired) electrons. The summed E-state index contributed by atoms with van der Waals surface area (Å²) in [6, 6.07) is 0. The standard InChI is InChI=1S/C8H16NO2/c1-4-6-7-9(3)8(10)11-5-2/h3-7H2,1-2H3/q+1. The van der Waals surface area contributed by atoms with Gasteiger partial charge < -0.3 is 4.74 Å². The van der Waals surface area contributed by atoms with Gasteiger partial charge >= 0.3 is 6.09 Å². The molecule has 0 aliphatic carbocycles. The fourth-order valence-electron chi connectivity index (χ4n) is 0.655. The molecule has 0 aromatic rings. The van der Waals surface area contributed by atoms with Crippen LogP contribution in [0.5, 0.6) is 0 Å². The van der Waals surface area contributed by atoms with Gasteiger partial charge in [0.2, 0.25) is 0 Å². The van der Waals surface area contributed by atoms with Crippen molar-refractivity contribution in [2.45, 2.75) is 26.7 Å². The Labute approximate surface area is 67.7 Å². The first-order valence-corrected chi connectivity index (χ1v) is 3.97. The second-order valence-corrected chi connectivity index (χ2v) is 2.32. The Balaban J connectivity index is 3.56. The van der Waals surface area contributed by atoms with E-state index < -0.39 is 0 Å². The average Bonchev–Trinajstić information content (AvgIpc) is 2.00. The second kappa shape index (κ2) is 5.89. The molecule has 3 heteroatoms. The maximum atomic E-state index is 10.9. The van der Waals surface area contributed by atoms with E-state index in [1.54, 1.807) is 6.92 Å². The first-order valence-electron chi connectivity index (χ1n) is 3.97. The number of nitrogens with zero attached hydrogens (tertiary/aromatic N) is 1. The summed E-state index contributed by atoms with van der Waals surface area (Å²) in [5, 5.41) is 0. The molecule has 1 amide bonds. The number of carbonyl (C=O) groups is 1. The summed E-state index contributed by atoms with van der Waals surface area (Å²) >= 11 is 0. The molecule has 0 aromatic carbocycles. The van der Waals surface area contributed by atoms with Crippen LogP contribution in [0, 0.1) is 0 Å². The molecule has 64 valence electrons. The van der Waals surface area contributed by atoms with Crippen molar-refractivity contribution in [2.24, 2.45) is 0 Å². The van der Waals surface area contributed by atoms with Crippen molar-refractivity contribution in [3.8, 4) is 0 Å². The summed E-state index contributed by atoms with van der Waals surface area (Å²) in [4.78, 5) is 10.9. The van der Waals surface area contributed by atoms with Gasteiger partial charge in [-0.05, 0) is 6.92 Å². The summed E-state index contributed by atoms with van der Waals surface area (Å²) in [7, 11) is 0. The Morgan fingerprint density at radius 2 is 2.18 bits per heavy atom. The zero-order chi connectivity index (χ0) is 8.69. The molecule has 0 aromatic heterocycles. The van der Waals surface area contributed by atoms with E-state index in [4.69, 9.17) is 4.74 Å². The first kappa shape index (κ1) is 10.1. The lowest BCUT2D eigenvalue weighted by Gasteiger charge is -1.97. The maximum absolute atomic E-state index is 10.9. The zero-order valence-corrected chi connectivity index (χ0v) is 7.30. The fraction of sp³-hybridized carbons (Fsp3) is 0.750. The van der Waals surface area contributed by atoms with Crippen LogP contribution in [0.25, 0.3) is 0 Å². The fourth-order valence-corrected chi connectivity index (χ4v) is 0.655. The third kappa shape index (κ3) is 4.53. The molecule has 0 bridgehead atoms. The highest BCUT2D eigenvalue weighted by molar-refractivity contribution is 5.59. The third-order valence-corrected chi connectivity index (χ3v) is 1.31. The Morgan fingerprint density at radius 3 is 2.64 bits per heavy atom. The number of unbranched alkanes of at least 4 members (excludes halogenated alkanes) is 1. The van der Waals surface area contributed by atoms with Gasteiger partial charge in [0.05, 0.1) is 6.61 Å². The summed E-state index contributed by atoms with van der Waals surface area (Å²) in [6.45, 7) is 8.49. The highest BCUT2D eigenvalue weighted by Crippen LogP contribution is 1.89.